The van der Waals surface area contributed by atoms with Crippen molar-refractivity contribution in [2.45, 2.75) is 107 Å². The van der Waals surface area contributed by atoms with Crippen LogP contribution in [-0.4, -0.2) is 18.0 Å². The van der Waals surface area contributed by atoms with Gasteiger partial charge in [0.2, 0.25) is 0 Å². The third kappa shape index (κ3) is 12.5. The van der Waals surface area contributed by atoms with Crippen molar-refractivity contribution in [3.05, 3.63) is 59.7 Å². The van der Waals surface area contributed by atoms with Gasteiger partial charge in [0.05, 0.1) is 11.5 Å². The number of hydrogen-bond acceptors (Lipinski definition) is 4. The van der Waals surface area contributed by atoms with Gasteiger partial charge in [-0.25, -0.2) is 0 Å². The van der Waals surface area contributed by atoms with Gasteiger partial charge in [-0.15, -0.1) is 0 Å². The van der Waals surface area contributed by atoms with Crippen LogP contribution in [0.4, 0.5) is 0 Å². The summed E-state index contributed by atoms with van der Waals surface area (Å²) in [6.07, 6.45) is 2.12. The fraction of sp³-hybridized carbons (Fsp3) is 0.594. The Balaban J connectivity index is 0.000000538. The molecule has 0 radical (unpaired) electrons. The highest BCUT2D eigenvalue weighted by atomic mass is 16.7. The molecule has 4 heteroatoms. The highest BCUT2D eigenvalue weighted by Crippen LogP contribution is 2.36. The standard InChI is InChI=1S/C14H22O2.C10H14O.C8H15N/c1-5-11(3)13-7-9-14(10-8-13)16-12(4)15-6-2;1-3-8(2)9-4-6-10(11)7-5-9;1-7(2,3)8(4,5)6-9/h7-12H,5-6H2,1-4H3;4-8,11H,3H2,1-2H3;1-5H3. The summed E-state index contributed by atoms with van der Waals surface area (Å²) in [6, 6.07) is 18.0. The summed E-state index contributed by atoms with van der Waals surface area (Å²) in [4.78, 5) is 0. The molecule has 0 bridgehead atoms. The van der Waals surface area contributed by atoms with Crippen LogP contribution in [0.1, 0.15) is 112 Å². The lowest BCUT2D eigenvalue weighted by atomic mass is 9.70. The van der Waals surface area contributed by atoms with E-state index in [1.165, 1.54) is 11.1 Å². The van der Waals surface area contributed by atoms with Gasteiger partial charge in [-0.05, 0) is 93.2 Å². The molecule has 3 unspecified atom stereocenters. The maximum Gasteiger partial charge on any atom is 0.196 e. The van der Waals surface area contributed by atoms with Gasteiger partial charge in [0.25, 0.3) is 0 Å². The average molecular weight is 498 g/mol. The minimum Gasteiger partial charge on any atom is -0.508 e. The number of nitriles is 1. The smallest absolute Gasteiger partial charge is 0.196 e. The van der Waals surface area contributed by atoms with Crippen molar-refractivity contribution < 1.29 is 14.6 Å². The number of benzene rings is 2. The summed E-state index contributed by atoms with van der Waals surface area (Å²) in [5, 5.41) is 17.7. The first kappa shape index (κ1) is 33.5. The quantitative estimate of drug-likeness (QED) is 0.369. The number of phenolic OH excluding ortho intramolecular Hbond substituents is 1. The van der Waals surface area contributed by atoms with Crippen molar-refractivity contribution in [2.24, 2.45) is 10.8 Å². The van der Waals surface area contributed by atoms with E-state index < -0.39 is 0 Å². The predicted octanol–water partition coefficient (Wildman–Crippen LogP) is 9.45. The molecular weight excluding hydrogens is 446 g/mol. The number of hydrogen-bond donors (Lipinski definition) is 1. The molecule has 0 saturated heterocycles. The molecular formula is C32H51NO3. The van der Waals surface area contributed by atoms with Crippen LogP contribution in [0.2, 0.25) is 0 Å². The van der Waals surface area contributed by atoms with Gasteiger partial charge in [-0.3, -0.25) is 0 Å². The normalized spacial score (nSPS) is 13.6. The molecule has 2 aromatic rings. The third-order valence-corrected chi connectivity index (χ3v) is 6.99. The van der Waals surface area contributed by atoms with Crippen molar-refractivity contribution in [3.8, 4) is 17.6 Å². The molecule has 2 aromatic carbocycles. The minimum atomic E-state index is -0.215. The first-order chi connectivity index (χ1) is 16.7. The van der Waals surface area contributed by atoms with Crippen molar-refractivity contribution in [1.82, 2.24) is 0 Å². The SMILES string of the molecule is CC(C)(C)C(C)(C)C#N.CCC(C)c1ccc(O)cc1.CCOC(C)Oc1ccc(C(C)CC)cc1. The molecule has 0 spiro atoms. The van der Waals surface area contributed by atoms with Gasteiger partial charge >= 0.3 is 0 Å². The van der Waals surface area contributed by atoms with Crippen molar-refractivity contribution in [1.29, 1.82) is 5.26 Å². The Morgan fingerprint density at radius 2 is 1.19 bits per heavy atom. The van der Waals surface area contributed by atoms with Crippen molar-refractivity contribution >= 4 is 0 Å². The van der Waals surface area contributed by atoms with Crippen LogP contribution in [0.15, 0.2) is 48.5 Å². The van der Waals surface area contributed by atoms with E-state index >= 15 is 0 Å². The fourth-order valence-electron chi connectivity index (χ4n) is 2.78. The molecule has 2 rings (SSSR count). The molecule has 0 aliphatic heterocycles. The second-order valence-electron chi connectivity index (χ2n) is 10.9. The molecule has 0 heterocycles. The van der Waals surface area contributed by atoms with Crippen LogP contribution < -0.4 is 4.74 Å². The van der Waals surface area contributed by atoms with Gasteiger partial charge in [0, 0.05) is 6.61 Å². The topological polar surface area (TPSA) is 62.5 Å². The first-order valence-electron chi connectivity index (χ1n) is 13.3. The number of nitrogens with zero attached hydrogens (tertiary/aromatic N) is 1. The monoisotopic (exact) mass is 497 g/mol. The molecule has 4 nitrogen and oxygen atoms in total. The van der Waals surface area contributed by atoms with E-state index in [-0.39, 0.29) is 17.1 Å². The summed E-state index contributed by atoms with van der Waals surface area (Å²) >= 11 is 0. The lowest BCUT2D eigenvalue weighted by Crippen LogP contribution is -2.27. The number of ether oxygens (including phenoxy) is 2. The molecule has 0 aromatic heterocycles. The molecule has 3 atom stereocenters. The highest BCUT2D eigenvalue weighted by molar-refractivity contribution is 5.29. The second-order valence-corrected chi connectivity index (χ2v) is 10.9. The van der Waals surface area contributed by atoms with Crippen LogP contribution in [0.5, 0.6) is 11.5 Å². The molecule has 0 saturated carbocycles. The van der Waals surface area contributed by atoms with E-state index in [0.717, 1.165) is 18.6 Å². The van der Waals surface area contributed by atoms with E-state index in [4.69, 9.17) is 19.8 Å². The highest BCUT2D eigenvalue weighted by Gasteiger charge is 2.32. The molecule has 202 valence electrons. The van der Waals surface area contributed by atoms with Crippen LogP contribution in [-0.2, 0) is 4.74 Å². The summed E-state index contributed by atoms with van der Waals surface area (Å²) in [7, 11) is 0. The Morgan fingerprint density at radius 1 is 0.778 bits per heavy atom. The fourth-order valence-corrected chi connectivity index (χ4v) is 2.78. The predicted molar refractivity (Wildman–Crippen MR) is 153 cm³/mol. The third-order valence-electron chi connectivity index (χ3n) is 6.99. The minimum absolute atomic E-state index is 0.0851. The van der Waals surface area contributed by atoms with Gasteiger partial charge in [-0.2, -0.15) is 5.26 Å². The number of phenols is 1. The molecule has 0 amide bonds. The van der Waals surface area contributed by atoms with Crippen molar-refractivity contribution in [2.75, 3.05) is 6.61 Å². The van der Waals surface area contributed by atoms with E-state index in [1.807, 2.05) is 52.0 Å². The van der Waals surface area contributed by atoms with Gasteiger partial charge < -0.3 is 14.6 Å². The van der Waals surface area contributed by atoms with E-state index in [9.17, 15) is 0 Å². The van der Waals surface area contributed by atoms with Crippen molar-refractivity contribution in [3.63, 3.8) is 0 Å². The molecule has 0 fully saturated rings. The molecule has 0 aliphatic rings. The maximum atomic E-state index is 9.01. The van der Waals surface area contributed by atoms with Gasteiger partial charge in [-0.1, -0.05) is 72.7 Å². The van der Waals surface area contributed by atoms with E-state index in [1.54, 1.807) is 12.1 Å². The second kappa shape index (κ2) is 16.3. The lowest BCUT2D eigenvalue weighted by molar-refractivity contribution is -0.0613. The summed E-state index contributed by atoms with van der Waals surface area (Å²) in [6.45, 7) is 23.5. The number of rotatable bonds is 8. The Hall–Kier alpha value is -2.51. The summed E-state index contributed by atoms with van der Waals surface area (Å²) < 4.78 is 10.9. The Morgan fingerprint density at radius 3 is 1.50 bits per heavy atom. The van der Waals surface area contributed by atoms with Crippen LogP contribution >= 0.6 is 0 Å². The Labute approximate surface area is 221 Å². The largest absolute Gasteiger partial charge is 0.508 e. The summed E-state index contributed by atoms with van der Waals surface area (Å²) in [5.74, 6) is 2.42. The average Bonchev–Trinajstić information content (AvgIpc) is 2.84. The first-order valence-corrected chi connectivity index (χ1v) is 13.3. The van der Waals surface area contributed by atoms with E-state index in [0.29, 0.717) is 24.2 Å². The maximum absolute atomic E-state index is 9.01. The summed E-state index contributed by atoms with van der Waals surface area (Å²) in [5.41, 5.74) is 2.53. The van der Waals surface area contributed by atoms with E-state index in [2.05, 4.69) is 66.7 Å². The van der Waals surface area contributed by atoms with Crippen LogP contribution in [0, 0.1) is 22.2 Å². The molecule has 1 N–H and O–H groups in total. The lowest BCUT2D eigenvalue weighted by Gasteiger charge is -2.31. The zero-order valence-corrected chi connectivity index (χ0v) is 24.7. The van der Waals surface area contributed by atoms with Gasteiger partial charge in [0.15, 0.2) is 6.29 Å². The molecule has 36 heavy (non-hydrogen) atoms. The number of aromatic hydroxyl groups is 1. The zero-order chi connectivity index (χ0) is 27.9. The van der Waals surface area contributed by atoms with Crippen LogP contribution in [0.25, 0.3) is 0 Å². The Bertz CT molecular complexity index is 874. The van der Waals surface area contributed by atoms with Gasteiger partial charge in [0.1, 0.15) is 11.5 Å². The Kier molecular flexibility index (Phi) is 15.1. The molecule has 0 aliphatic carbocycles. The zero-order valence-electron chi connectivity index (χ0n) is 24.7. The van der Waals surface area contributed by atoms with Crippen LogP contribution in [0.3, 0.4) is 0 Å².